The summed E-state index contributed by atoms with van der Waals surface area (Å²) >= 11 is 3.35. The van der Waals surface area contributed by atoms with E-state index in [1.807, 2.05) is 12.1 Å². The van der Waals surface area contributed by atoms with E-state index in [1.54, 1.807) is 6.07 Å². The van der Waals surface area contributed by atoms with E-state index in [-0.39, 0.29) is 5.91 Å². The molecule has 0 unspecified atom stereocenters. The number of benzene rings is 1. The van der Waals surface area contributed by atoms with E-state index in [0.717, 1.165) is 23.0 Å². The Hall–Kier alpha value is -1.03. The first-order valence-electron chi connectivity index (χ1n) is 7.48. The third-order valence-corrected chi connectivity index (χ3v) is 3.98. The van der Waals surface area contributed by atoms with E-state index >= 15 is 0 Å². The first-order valence-corrected chi connectivity index (χ1v) is 8.27. The molecule has 1 amide bonds. The van der Waals surface area contributed by atoms with E-state index < -0.39 is 0 Å². The number of halogens is 1. The largest absolute Gasteiger partial charge is 0.398 e. The molecular weight excluding hydrogens is 316 g/mol. The number of rotatable bonds is 9. The molecule has 20 heavy (non-hydrogen) atoms. The minimum Gasteiger partial charge on any atom is -0.398 e. The number of hydrogen-bond acceptors (Lipinski definition) is 2. The Kier molecular flexibility index (Phi) is 8.35. The summed E-state index contributed by atoms with van der Waals surface area (Å²) in [5.41, 5.74) is 7.17. The number of amides is 1. The molecule has 1 rings (SSSR count). The van der Waals surface area contributed by atoms with E-state index in [9.17, 15) is 4.79 Å². The number of carbonyl (C=O) groups excluding carboxylic acids is 1. The lowest BCUT2D eigenvalue weighted by atomic mass is 10.1. The molecule has 0 fully saturated rings. The number of anilines is 2. The summed E-state index contributed by atoms with van der Waals surface area (Å²) < 4.78 is 0.811. The maximum Gasteiger partial charge on any atom is 0.224 e. The molecule has 3 nitrogen and oxygen atoms in total. The molecule has 0 saturated carbocycles. The number of nitrogens with two attached hydrogens (primary N) is 1. The van der Waals surface area contributed by atoms with Crippen LogP contribution in [0.15, 0.2) is 22.7 Å². The average molecular weight is 341 g/mol. The Morgan fingerprint density at radius 2 is 1.80 bits per heavy atom. The van der Waals surface area contributed by atoms with Crippen LogP contribution in [0.1, 0.15) is 58.3 Å². The van der Waals surface area contributed by atoms with Gasteiger partial charge in [-0.3, -0.25) is 4.79 Å². The number of hydrogen-bond donors (Lipinski definition) is 2. The molecule has 0 spiro atoms. The van der Waals surface area contributed by atoms with Crippen molar-refractivity contribution in [3.8, 4) is 0 Å². The molecular formula is C16H25BrN2O. The van der Waals surface area contributed by atoms with Gasteiger partial charge in [-0.15, -0.1) is 0 Å². The Morgan fingerprint density at radius 3 is 2.45 bits per heavy atom. The summed E-state index contributed by atoms with van der Waals surface area (Å²) in [4.78, 5) is 11.8. The summed E-state index contributed by atoms with van der Waals surface area (Å²) in [6, 6.07) is 5.44. The average Bonchev–Trinajstić information content (AvgIpc) is 2.42. The van der Waals surface area contributed by atoms with Crippen molar-refractivity contribution in [1.82, 2.24) is 0 Å². The van der Waals surface area contributed by atoms with Gasteiger partial charge in [0.1, 0.15) is 0 Å². The number of unbranched alkanes of at least 4 members (excludes halogenated alkanes) is 6. The molecule has 0 radical (unpaired) electrons. The third kappa shape index (κ3) is 6.94. The number of carbonyl (C=O) groups is 1. The van der Waals surface area contributed by atoms with Gasteiger partial charge in [0, 0.05) is 22.3 Å². The van der Waals surface area contributed by atoms with Crippen LogP contribution >= 0.6 is 15.9 Å². The number of nitrogens with one attached hydrogen (secondary N) is 1. The summed E-state index contributed by atoms with van der Waals surface area (Å²) in [5.74, 6) is 0.0789. The van der Waals surface area contributed by atoms with Crippen LogP contribution in [0.3, 0.4) is 0 Å². The fourth-order valence-corrected chi connectivity index (χ4v) is 2.45. The van der Waals surface area contributed by atoms with E-state index in [4.69, 9.17) is 5.73 Å². The maximum atomic E-state index is 11.8. The van der Waals surface area contributed by atoms with E-state index in [1.165, 1.54) is 32.1 Å². The van der Waals surface area contributed by atoms with E-state index in [2.05, 4.69) is 28.2 Å². The Balaban J connectivity index is 2.15. The van der Waals surface area contributed by atoms with Crippen molar-refractivity contribution in [2.45, 2.75) is 58.3 Å². The zero-order valence-corrected chi connectivity index (χ0v) is 13.8. The van der Waals surface area contributed by atoms with Gasteiger partial charge in [0.2, 0.25) is 5.91 Å². The Labute approximate surface area is 130 Å². The normalized spacial score (nSPS) is 10.5. The molecule has 1 aromatic carbocycles. The standard InChI is InChI=1S/C16H25BrN2O/c1-2-3-4-5-6-7-8-9-16(20)19-13-10-11-15(18)14(17)12-13/h10-12H,2-9,18H2,1H3,(H,19,20). The number of nitrogen functional groups attached to an aromatic ring is 1. The quantitative estimate of drug-likeness (QED) is 0.484. The predicted molar refractivity (Wildman–Crippen MR) is 89.8 cm³/mol. The molecule has 3 N–H and O–H groups in total. The van der Waals surface area contributed by atoms with Gasteiger partial charge in [0.15, 0.2) is 0 Å². The van der Waals surface area contributed by atoms with Crippen LogP contribution in [0, 0.1) is 0 Å². The van der Waals surface area contributed by atoms with Gasteiger partial charge in [-0.05, 0) is 40.5 Å². The van der Waals surface area contributed by atoms with Crippen LogP contribution in [0.25, 0.3) is 0 Å². The summed E-state index contributed by atoms with van der Waals surface area (Å²) in [7, 11) is 0. The van der Waals surface area contributed by atoms with Crippen LogP contribution in [-0.4, -0.2) is 5.91 Å². The highest BCUT2D eigenvalue weighted by atomic mass is 79.9. The molecule has 0 heterocycles. The zero-order valence-electron chi connectivity index (χ0n) is 12.3. The lowest BCUT2D eigenvalue weighted by molar-refractivity contribution is -0.116. The second-order valence-electron chi connectivity index (χ2n) is 5.16. The topological polar surface area (TPSA) is 55.1 Å². The maximum absolute atomic E-state index is 11.8. The lowest BCUT2D eigenvalue weighted by Gasteiger charge is -2.07. The van der Waals surface area contributed by atoms with Crippen molar-refractivity contribution in [3.05, 3.63) is 22.7 Å². The van der Waals surface area contributed by atoms with Crippen LogP contribution in [0.4, 0.5) is 11.4 Å². The molecule has 4 heteroatoms. The van der Waals surface area contributed by atoms with Crippen molar-refractivity contribution >= 4 is 33.2 Å². The van der Waals surface area contributed by atoms with Gasteiger partial charge in [0.05, 0.1) is 0 Å². The van der Waals surface area contributed by atoms with Crippen LogP contribution < -0.4 is 11.1 Å². The molecule has 0 aliphatic rings. The van der Waals surface area contributed by atoms with Gasteiger partial charge < -0.3 is 11.1 Å². The Bertz CT molecular complexity index is 421. The van der Waals surface area contributed by atoms with Gasteiger partial charge in [-0.2, -0.15) is 0 Å². The molecule has 0 saturated heterocycles. The zero-order chi connectivity index (χ0) is 14.8. The van der Waals surface area contributed by atoms with Crippen LogP contribution in [0.5, 0.6) is 0 Å². The first-order chi connectivity index (χ1) is 9.63. The molecule has 0 bridgehead atoms. The highest BCUT2D eigenvalue weighted by molar-refractivity contribution is 9.10. The second kappa shape index (κ2) is 9.81. The van der Waals surface area contributed by atoms with E-state index in [0.29, 0.717) is 12.1 Å². The first kappa shape index (κ1) is 17.0. The van der Waals surface area contributed by atoms with Crippen LogP contribution in [0.2, 0.25) is 0 Å². The smallest absolute Gasteiger partial charge is 0.224 e. The van der Waals surface area contributed by atoms with Gasteiger partial charge in [-0.25, -0.2) is 0 Å². The minimum absolute atomic E-state index is 0.0789. The summed E-state index contributed by atoms with van der Waals surface area (Å²) in [6.45, 7) is 2.22. The van der Waals surface area contributed by atoms with Crippen molar-refractivity contribution in [2.75, 3.05) is 11.1 Å². The molecule has 112 valence electrons. The van der Waals surface area contributed by atoms with Crippen molar-refractivity contribution < 1.29 is 4.79 Å². The second-order valence-corrected chi connectivity index (χ2v) is 6.01. The van der Waals surface area contributed by atoms with Gasteiger partial charge in [0.25, 0.3) is 0 Å². The summed E-state index contributed by atoms with van der Waals surface area (Å²) in [6.07, 6.45) is 9.15. The molecule has 1 aromatic rings. The minimum atomic E-state index is 0.0789. The fourth-order valence-electron chi connectivity index (χ4n) is 2.07. The predicted octanol–water partition coefficient (Wildman–Crippen LogP) is 5.11. The molecule has 0 aliphatic heterocycles. The van der Waals surface area contributed by atoms with Gasteiger partial charge in [-0.1, -0.05) is 45.4 Å². The monoisotopic (exact) mass is 340 g/mol. The molecule has 0 aliphatic carbocycles. The molecule has 0 atom stereocenters. The van der Waals surface area contributed by atoms with Crippen molar-refractivity contribution in [3.63, 3.8) is 0 Å². The van der Waals surface area contributed by atoms with Crippen molar-refractivity contribution in [1.29, 1.82) is 0 Å². The highest BCUT2D eigenvalue weighted by Gasteiger charge is 2.04. The molecule has 0 aromatic heterocycles. The highest BCUT2D eigenvalue weighted by Crippen LogP contribution is 2.23. The Morgan fingerprint density at radius 1 is 1.15 bits per heavy atom. The SMILES string of the molecule is CCCCCCCCCC(=O)Nc1ccc(N)c(Br)c1. The lowest BCUT2D eigenvalue weighted by Crippen LogP contribution is -2.11. The van der Waals surface area contributed by atoms with Gasteiger partial charge >= 0.3 is 0 Å². The fraction of sp³-hybridized carbons (Fsp3) is 0.562. The van der Waals surface area contributed by atoms with Crippen molar-refractivity contribution in [2.24, 2.45) is 0 Å². The third-order valence-electron chi connectivity index (χ3n) is 3.29. The van der Waals surface area contributed by atoms with Crippen LogP contribution in [-0.2, 0) is 4.79 Å². The summed E-state index contributed by atoms with van der Waals surface area (Å²) in [5, 5.41) is 2.90.